The second-order valence-corrected chi connectivity index (χ2v) is 4.61. The molecule has 1 amide bonds. The number of aromatic nitrogens is 1. The third-order valence-corrected chi connectivity index (χ3v) is 2.91. The minimum atomic E-state index is -1.08. The van der Waals surface area contributed by atoms with Gasteiger partial charge in [0.05, 0.1) is 21.8 Å². The number of amides is 1. The van der Waals surface area contributed by atoms with Crippen LogP contribution in [-0.2, 0) is 0 Å². The van der Waals surface area contributed by atoms with Crippen LogP contribution in [0.3, 0.4) is 0 Å². The van der Waals surface area contributed by atoms with Gasteiger partial charge in [0.1, 0.15) is 0 Å². The fourth-order valence-corrected chi connectivity index (χ4v) is 1.85. The van der Waals surface area contributed by atoms with Crippen LogP contribution in [0.2, 0.25) is 5.02 Å². The van der Waals surface area contributed by atoms with Gasteiger partial charge in [-0.05, 0) is 36.8 Å². The number of halogens is 1. The molecule has 0 aliphatic heterocycles. The lowest BCUT2D eigenvalue weighted by molar-refractivity contribution is 0.0696. The maximum Gasteiger partial charge on any atom is 0.335 e. The Kier molecular flexibility index (Phi) is 4.00. The van der Waals surface area contributed by atoms with Gasteiger partial charge in [0.25, 0.3) is 5.91 Å². The average molecular weight is 291 g/mol. The van der Waals surface area contributed by atoms with Gasteiger partial charge in [0.15, 0.2) is 0 Å². The van der Waals surface area contributed by atoms with Gasteiger partial charge in [-0.25, -0.2) is 4.79 Å². The van der Waals surface area contributed by atoms with E-state index in [0.29, 0.717) is 11.3 Å². The maximum absolute atomic E-state index is 12.0. The van der Waals surface area contributed by atoms with Crippen LogP contribution >= 0.6 is 11.6 Å². The molecule has 0 bridgehead atoms. The van der Waals surface area contributed by atoms with E-state index in [0.717, 1.165) is 5.56 Å². The molecule has 0 radical (unpaired) electrons. The van der Waals surface area contributed by atoms with Crippen molar-refractivity contribution in [3.05, 3.63) is 58.4 Å². The highest BCUT2D eigenvalue weighted by atomic mass is 35.5. The number of pyridine rings is 1. The summed E-state index contributed by atoms with van der Waals surface area (Å²) in [6.45, 7) is 1.83. The van der Waals surface area contributed by atoms with Crippen LogP contribution in [0.4, 0.5) is 5.69 Å². The number of rotatable bonds is 3. The lowest BCUT2D eigenvalue weighted by Gasteiger charge is -2.08. The number of anilines is 1. The number of carboxylic acid groups (broad SMARTS) is 1. The molecule has 1 aromatic heterocycles. The average Bonchev–Trinajstić information content (AvgIpc) is 2.40. The normalized spacial score (nSPS) is 10.1. The van der Waals surface area contributed by atoms with E-state index in [4.69, 9.17) is 16.7 Å². The van der Waals surface area contributed by atoms with Crippen LogP contribution in [0.25, 0.3) is 0 Å². The molecule has 1 aromatic carbocycles. The zero-order valence-corrected chi connectivity index (χ0v) is 11.3. The minimum Gasteiger partial charge on any atom is -0.478 e. The molecule has 2 rings (SSSR count). The molecule has 0 atom stereocenters. The molecule has 0 saturated heterocycles. The molecule has 2 N–H and O–H groups in total. The van der Waals surface area contributed by atoms with Gasteiger partial charge in [0.2, 0.25) is 0 Å². The number of carbonyl (C=O) groups is 2. The van der Waals surface area contributed by atoms with Crippen LogP contribution in [0.5, 0.6) is 0 Å². The molecule has 0 saturated carbocycles. The topological polar surface area (TPSA) is 79.3 Å². The molecule has 20 heavy (non-hydrogen) atoms. The summed E-state index contributed by atoms with van der Waals surface area (Å²) in [5.74, 6) is -1.43. The highest BCUT2D eigenvalue weighted by Gasteiger charge is 2.11. The zero-order valence-electron chi connectivity index (χ0n) is 10.6. The Morgan fingerprint density at radius 3 is 2.55 bits per heavy atom. The fraction of sp³-hybridized carbons (Fsp3) is 0.0714. The van der Waals surface area contributed by atoms with Crippen molar-refractivity contribution in [2.45, 2.75) is 6.92 Å². The SMILES string of the molecule is Cc1cncc(C(=O)Nc2ccc(C(=O)O)cc2Cl)c1. The lowest BCUT2D eigenvalue weighted by atomic mass is 10.2. The highest BCUT2D eigenvalue weighted by Crippen LogP contribution is 2.23. The summed E-state index contributed by atoms with van der Waals surface area (Å²) in [6, 6.07) is 5.81. The van der Waals surface area contributed by atoms with Crippen molar-refractivity contribution in [2.75, 3.05) is 5.32 Å². The highest BCUT2D eigenvalue weighted by molar-refractivity contribution is 6.34. The van der Waals surface area contributed by atoms with Gasteiger partial charge in [-0.2, -0.15) is 0 Å². The molecule has 0 unspecified atom stereocenters. The van der Waals surface area contributed by atoms with E-state index < -0.39 is 5.97 Å². The second kappa shape index (κ2) is 5.71. The number of aryl methyl sites for hydroxylation is 1. The number of nitrogens with one attached hydrogen (secondary N) is 1. The molecule has 0 aliphatic rings. The molecule has 0 fully saturated rings. The van der Waals surface area contributed by atoms with Gasteiger partial charge in [0, 0.05) is 12.4 Å². The van der Waals surface area contributed by atoms with Gasteiger partial charge in [-0.15, -0.1) is 0 Å². The number of carbonyl (C=O) groups excluding carboxylic acids is 1. The van der Waals surface area contributed by atoms with Crippen molar-refractivity contribution in [3.8, 4) is 0 Å². The van der Waals surface area contributed by atoms with Crippen molar-refractivity contribution < 1.29 is 14.7 Å². The van der Waals surface area contributed by atoms with Crippen LogP contribution in [-0.4, -0.2) is 22.0 Å². The van der Waals surface area contributed by atoms with E-state index in [1.54, 1.807) is 12.3 Å². The lowest BCUT2D eigenvalue weighted by Crippen LogP contribution is -2.13. The van der Waals surface area contributed by atoms with Gasteiger partial charge < -0.3 is 10.4 Å². The molecule has 0 aliphatic carbocycles. The monoisotopic (exact) mass is 290 g/mol. The largest absolute Gasteiger partial charge is 0.478 e. The van der Waals surface area contributed by atoms with Gasteiger partial charge in [-0.1, -0.05) is 11.6 Å². The maximum atomic E-state index is 12.0. The Balaban J connectivity index is 2.22. The van der Waals surface area contributed by atoms with Crippen molar-refractivity contribution >= 4 is 29.2 Å². The minimum absolute atomic E-state index is 0.0604. The van der Waals surface area contributed by atoms with E-state index in [9.17, 15) is 9.59 Å². The standard InChI is InChI=1S/C14H11ClN2O3/c1-8-4-10(7-16-6-8)13(18)17-12-3-2-9(14(19)20)5-11(12)15/h2-7H,1H3,(H,17,18)(H,19,20). The molecule has 6 heteroatoms. The summed E-state index contributed by atoms with van der Waals surface area (Å²) in [4.78, 5) is 26.7. The molecule has 1 heterocycles. The van der Waals surface area contributed by atoms with E-state index in [2.05, 4.69) is 10.3 Å². The zero-order chi connectivity index (χ0) is 14.7. The predicted molar refractivity (Wildman–Crippen MR) is 75.3 cm³/mol. The van der Waals surface area contributed by atoms with E-state index in [1.165, 1.54) is 24.4 Å². The first-order chi connectivity index (χ1) is 9.47. The van der Waals surface area contributed by atoms with E-state index in [-0.39, 0.29) is 16.5 Å². The Hall–Kier alpha value is -2.40. The van der Waals surface area contributed by atoms with Crippen LogP contribution in [0.15, 0.2) is 36.7 Å². The molecule has 2 aromatic rings. The smallest absolute Gasteiger partial charge is 0.335 e. The predicted octanol–water partition coefficient (Wildman–Crippen LogP) is 2.99. The van der Waals surface area contributed by atoms with E-state index >= 15 is 0 Å². The number of carboxylic acids is 1. The number of hydrogen-bond acceptors (Lipinski definition) is 3. The number of benzene rings is 1. The summed E-state index contributed by atoms with van der Waals surface area (Å²) in [7, 11) is 0. The number of hydrogen-bond donors (Lipinski definition) is 2. The Morgan fingerprint density at radius 1 is 1.20 bits per heavy atom. The Morgan fingerprint density at radius 2 is 1.95 bits per heavy atom. The summed E-state index contributed by atoms with van der Waals surface area (Å²) in [5.41, 5.74) is 1.68. The second-order valence-electron chi connectivity index (χ2n) is 4.20. The van der Waals surface area contributed by atoms with Crippen molar-refractivity contribution in [1.82, 2.24) is 4.98 Å². The summed E-state index contributed by atoms with van der Waals surface area (Å²) >= 11 is 5.94. The molecular formula is C14H11ClN2O3. The quantitative estimate of drug-likeness (QED) is 0.911. The fourth-order valence-electron chi connectivity index (χ4n) is 1.62. The summed E-state index contributed by atoms with van der Waals surface area (Å²) in [6.07, 6.45) is 3.09. The number of nitrogens with zero attached hydrogens (tertiary/aromatic N) is 1. The van der Waals surface area contributed by atoms with Crippen molar-refractivity contribution in [2.24, 2.45) is 0 Å². The van der Waals surface area contributed by atoms with Crippen LogP contribution < -0.4 is 5.32 Å². The van der Waals surface area contributed by atoms with Gasteiger partial charge >= 0.3 is 5.97 Å². The first-order valence-electron chi connectivity index (χ1n) is 5.73. The first kappa shape index (κ1) is 14.0. The summed E-state index contributed by atoms with van der Waals surface area (Å²) in [5, 5.41) is 11.6. The van der Waals surface area contributed by atoms with Crippen LogP contribution in [0, 0.1) is 6.92 Å². The van der Waals surface area contributed by atoms with Crippen molar-refractivity contribution in [3.63, 3.8) is 0 Å². The first-order valence-corrected chi connectivity index (χ1v) is 6.11. The molecular weight excluding hydrogens is 280 g/mol. The Bertz CT molecular complexity index is 686. The van der Waals surface area contributed by atoms with E-state index in [1.807, 2.05) is 6.92 Å². The summed E-state index contributed by atoms with van der Waals surface area (Å²) < 4.78 is 0. The third-order valence-electron chi connectivity index (χ3n) is 2.60. The molecule has 5 nitrogen and oxygen atoms in total. The van der Waals surface area contributed by atoms with Crippen LogP contribution in [0.1, 0.15) is 26.3 Å². The van der Waals surface area contributed by atoms with Gasteiger partial charge in [-0.3, -0.25) is 9.78 Å². The number of aromatic carboxylic acids is 1. The molecule has 102 valence electrons. The molecule has 0 spiro atoms. The van der Waals surface area contributed by atoms with Crippen molar-refractivity contribution in [1.29, 1.82) is 0 Å². The third kappa shape index (κ3) is 3.13. The Labute approximate surface area is 120 Å².